The van der Waals surface area contributed by atoms with Crippen LogP contribution in [0.25, 0.3) is 262 Å². The van der Waals surface area contributed by atoms with Crippen molar-refractivity contribution in [3.05, 3.63) is 425 Å². The molecule has 0 saturated heterocycles. The first-order valence-electron chi connectivity index (χ1n) is 45.6. The van der Waals surface area contributed by atoms with E-state index in [1.807, 2.05) is 35.1 Å². The van der Waals surface area contributed by atoms with Crippen LogP contribution in [0.5, 0.6) is 0 Å². The van der Waals surface area contributed by atoms with E-state index in [-0.39, 0.29) is 0 Å². The monoisotopic (exact) mass is 1760 g/mol. The van der Waals surface area contributed by atoms with Crippen LogP contribution in [0, 0.1) is 0 Å². The number of furan rings is 1. The number of hydrogen-bond donors (Lipinski definition) is 0. The van der Waals surface area contributed by atoms with Crippen LogP contribution in [-0.4, -0.2) is 63.8 Å². The Morgan fingerprint density at radius 2 is 0.474 bits per heavy atom. The highest BCUT2D eigenvalue weighted by Crippen LogP contribution is 2.47. The number of rotatable bonds is 6. The second-order valence-electron chi connectivity index (χ2n) is 35.3. The van der Waals surface area contributed by atoms with E-state index < -0.39 is 0 Å². The lowest BCUT2D eigenvalue weighted by Gasteiger charge is -2.08. The van der Waals surface area contributed by atoms with E-state index >= 15 is 0 Å². The van der Waals surface area contributed by atoms with Gasteiger partial charge in [0.25, 0.3) is 0 Å². The van der Waals surface area contributed by atoms with Gasteiger partial charge in [-0.25, -0.2) is 9.97 Å². The fourth-order valence-corrected chi connectivity index (χ4v) is 25.0. The quantitative estimate of drug-likeness (QED) is 0.166. The van der Waals surface area contributed by atoms with Crippen LogP contribution in [0.3, 0.4) is 0 Å². The Hall–Kier alpha value is -17.9. The van der Waals surface area contributed by atoms with E-state index in [4.69, 9.17) is 14.4 Å². The minimum Gasteiger partial charge on any atom is -0.452 e. The third kappa shape index (κ3) is 10.1. The summed E-state index contributed by atoms with van der Waals surface area (Å²) in [6, 6.07) is 149. The minimum atomic E-state index is 0.772. The molecule has 17 heterocycles. The van der Waals surface area contributed by atoms with E-state index in [0.717, 1.165) is 84.0 Å². The predicted octanol–water partition coefficient (Wildman–Crippen LogP) is 30.6. The maximum atomic E-state index is 6.67. The summed E-state index contributed by atoms with van der Waals surface area (Å²) in [5, 5.41) is 14.5. The Bertz CT molecular complexity index is 9970. The molecule has 0 unspecified atom stereocenters. The Morgan fingerprint density at radius 3 is 0.859 bits per heavy atom. The third-order valence-corrected chi connectivity index (χ3v) is 30.7. The predicted molar refractivity (Wildman–Crippen MR) is 560 cm³/mol. The number of thiophene rings is 2. The van der Waals surface area contributed by atoms with E-state index in [1.165, 1.54) is 178 Å². The molecule has 0 atom stereocenters. The van der Waals surface area contributed by atoms with Gasteiger partial charge in [-0.15, -0.1) is 22.7 Å². The van der Waals surface area contributed by atoms with Crippen molar-refractivity contribution in [3.8, 4) is 34.4 Å². The van der Waals surface area contributed by atoms with Crippen molar-refractivity contribution >= 4 is 250 Å². The van der Waals surface area contributed by atoms with Gasteiger partial charge in [-0.2, -0.15) is 0 Å². The summed E-state index contributed by atoms with van der Waals surface area (Å²) in [5.41, 5.74) is 34.5. The van der Waals surface area contributed by atoms with Crippen molar-refractivity contribution in [1.29, 1.82) is 0 Å². The molecule has 135 heavy (non-hydrogen) atoms. The zero-order valence-corrected chi connectivity index (χ0v) is 73.5. The average molecular weight is 1760 g/mol. The first-order valence-corrected chi connectivity index (χ1v) is 47.2. The molecule has 15 nitrogen and oxygen atoms in total. The van der Waals surface area contributed by atoms with Gasteiger partial charge >= 0.3 is 0 Å². The molecule has 0 fully saturated rings. The molecule has 17 heteroatoms. The molecule has 0 N–H and O–H groups in total. The van der Waals surface area contributed by atoms with Crippen molar-refractivity contribution in [1.82, 2.24) is 63.8 Å². The van der Waals surface area contributed by atoms with Crippen LogP contribution in [-0.2, 0) is 0 Å². The molecule has 33 aromatic rings. The number of fused-ring (bicyclic) bond motifs is 39. The Kier molecular flexibility index (Phi) is 14.8. The molecular formula is C118H70N14OS2. The molecule has 33 rings (SSSR count). The molecule has 0 radical (unpaired) electrons. The van der Waals surface area contributed by atoms with Crippen LogP contribution in [0.2, 0.25) is 0 Å². The third-order valence-electron chi connectivity index (χ3n) is 28.3. The summed E-state index contributed by atoms with van der Waals surface area (Å²) in [7, 11) is 0. The lowest BCUT2D eigenvalue weighted by molar-refractivity contribution is 0.663. The molecule has 17 aromatic heterocycles. The van der Waals surface area contributed by atoms with E-state index in [2.05, 4.69) is 466 Å². The minimum absolute atomic E-state index is 0.772. The van der Waals surface area contributed by atoms with Crippen LogP contribution in [0.1, 0.15) is 0 Å². The number of benzene rings is 16. The fourth-order valence-electron chi connectivity index (χ4n) is 22.7. The molecule has 630 valence electrons. The standard InChI is InChI=1S/C40H24N4S.C39H23N5O.C39H23N5S/c1-3-13-30-25(10-1)22-38-41(32-15-5-6-16-33(32)42(30)38)27-20-21-37-29(24-27)28-12-9-19-36(40(28)45-37)44-35-18-8-7-17-34(35)43-31-14-4-2-11-26(31)23-39(43)44;2*1-3-11-29-24(9-1)21-36-41(31-13-5-6-14-32(31)42(29)36)26-17-18-35-28(23-26)27-19-20-40-39(38(27)45-35)44-34-16-8-7-15-33(34)43-30-12-4-2-10-25(30)22-37(43)44/h1-24H;2*1-23H. The lowest BCUT2D eigenvalue weighted by Crippen LogP contribution is -1.97. The number of nitrogens with zero attached hydrogens (tertiary/aromatic N) is 14. The normalized spacial score (nSPS) is 12.4. The topological polar surface area (TPSA) is 95.0 Å². The average Bonchev–Trinajstić information content (AvgIpc) is 1.56. The number of pyridine rings is 2. The second kappa shape index (κ2) is 27.4. The fraction of sp³-hybridized carbons (Fsp3) is 0. The first kappa shape index (κ1) is 72.9. The smallest absolute Gasteiger partial charge is 0.183 e. The Morgan fingerprint density at radius 1 is 0.193 bits per heavy atom. The van der Waals surface area contributed by atoms with Gasteiger partial charge in [0.05, 0.1) is 114 Å². The first-order chi connectivity index (χ1) is 67.0. The van der Waals surface area contributed by atoms with Crippen molar-refractivity contribution in [2.24, 2.45) is 0 Å². The van der Waals surface area contributed by atoms with Crippen molar-refractivity contribution < 1.29 is 4.42 Å². The van der Waals surface area contributed by atoms with Crippen LogP contribution in [0.15, 0.2) is 429 Å². The van der Waals surface area contributed by atoms with Crippen molar-refractivity contribution in [2.45, 2.75) is 0 Å². The van der Waals surface area contributed by atoms with Crippen LogP contribution < -0.4 is 0 Å². The maximum Gasteiger partial charge on any atom is 0.183 e. The molecule has 0 spiro atoms. The highest BCUT2D eigenvalue weighted by Gasteiger charge is 2.28. The lowest BCUT2D eigenvalue weighted by atomic mass is 10.1. The molecule has 0 amide bonds. The Balaban J connectivity index is 0.0000000945. The van der Waals surface area contributed by atoms with Crippen molar-refractivity contribution in [3.63, 3.8) is 0 Å². The number of imidazole rings is 6. The summed E-state index contributed by atoms with van der Waals surface area (Å²) in [5.74, 6) is 1.75. The van der Waals surface area contributed by atoms with Gasteiger partial charge in [0, 0.05) is 103 Å². The molecule has 0 saturated carbocycles. The van der Waals surface area contributed by atoms with Gasteiger partial charge in [-0.05, 0) is 218 Å². The SMILES string of the molecule is c1ccc2c(c1)cc1n(-c3ccc4oc5c(-n6c7ccccc7n7c8ccccc8cc67)nccc5c4c3)c3ccccc3n21.c1ccc2c(c1)cc1n(-c3ccc4sc5c(-n6c7ccccc7n7c8ccccc8cc67)cccc5c4c3)c3ccccc3n21.c1ccc2c(c1)cc1n(-c3ccc4sc5c(-n6c7ccccc7n7c8ccccc8cc67)nccc5c4c3)c3ccccc3n21. The van der Waals surface area contributed by atoms with Gasteiger partial charge in [0.2, 0.25) is 0 Å². The summed E-state index contributed by atoms with van der Waals surface area (Å²) in [6.07, 6.45) is 3.86. The zero-order valence-electron chi connectivity index (χ0n) is 71.9. The molecule has 0 aliphatic carbocycles. The number of hydrogen-bond acceptors (Lipinski definition) is 5. The highest BCUT2D eigenvalue weighted by atomic mass is 32.1. The molecule has 0 bridgehead atoms. The van der Waals surface area contributed by atoms with Crippen molar-refractivity contribution in [2.75, 3.05) is 0 Å². The molecular weight excluding hydrogens is 1690 g/mol. The summed E-state index contributed by atoms with van der Waals surface area (Å²) in [6.45, 7) is 0. The Labute approximate surface area is 772 Å². The highest BCUT2D eigenvalue weighted by molar-refractivity contribution is 7.26. The molecule has 16 aromatic carbocycles. The van der Waals surface area contributed by atoms with Crippen LogP contribution in [0.4, 0.5) is 0 Å². The van der Waals surface area contributed by atoms with Gasteiger partial charge < -0.3 is 4.42 Å². The largest absolute Gasteiger partial charge is 0.452 e. The van der Waals surface area contributed by atoms with E-state index in [9.17, 15) is 0 Å². The molecule has 0 aliphatic heterocycles. The van der Waals surface area contributed by atoms with Crippen LogP contribution >= 0.6 is 22.7 Å². The number of aromatic nitrogens is 14. The van der Waals surface area contributed by atoms with Gasteiger partial charge in [-0.3, -0.25) is 53.8 Å². The summed E-state index contributed by atoms with van der Waals surface area (Å²) in [4.78, 5) is 9.99. The van der Waals surface area contributed by atoms with E-state index in [1.54, 1.807) is 0 Å². The van der Waals surface area contributed by atoms with Gasteiger partial charge in [0.15, 0.2) is 17.2 Å². The van der Waals surface area contributed by atoms with E-state index in [0.29, 0.717) is 0 Å². The molecule has 0 aliphatic rings. The van der Waals surface area contributed by atoms with Gasteiger partial charge in [-0.1, -0.05) is 194 Å². The summed E-state index contributed by atoms with van der Waals surface area (Å²) >= 11 is 3.70. The van der Waals surface area contributed by atoms with Gasteiger partial charge in [0.1, 0.15) is 39.5 Å². The number of para-hydroxylation sites is 18. The summed E-state index contributed by atoms with van der Waals surface area (Å²) < 4.78 is 40.1. The second-order valence-corrected chi connectivity index (χ2v) is 37.5. The maximum absolute atomic E-state index is 6.67. The zero-order chi connectivity index (χ0) is 87.7.